The third-order valence-corrected chi connectivity index (χ3v) is 4.67. The molecule has 4 nitrogen and oxygen atoms in total. The molecular formula is C12H30O4Si3. The zero-order valence-corrected chi connectivity index (χ0v) is 16.9. The van der Waals surface area contributed by atoms with Crippen molar-refractivity contribution in [2.45, 2.75) is 65.0 Å². The molecule has 0 heterocycles. The summed E-state index contributed by atoms with van der Waals surface area (Å²) in [6, 6.07) is 0. The van der Waals surface area contributed by atoms with Gasteiger partial charge in [0.2, 0.25) is 8.32 Å². The molecule has 0 rings (SSSR count). The number of hydrogen-bond acceptors (Lipinski definition) is 4. The summed E-state index contributed by atoms with van der Waals surface area (Å²) in [5.41, 5.74) is 0. The molecule has 0 fully saturated rings. The summed E-state index contributed by atoms with van der Waals surface area (Å²) in [6.45, 7) is 18.8. The molecule has 0 aliphatic carbocycles. The Morgan fingerprint density at radius 3 is 1.63 bits per heavy atom. The Bertz CT molecular complexity index is 300. The van der Waals surface area contributed by atoms with Crippen molar-refractivity contribution in [1.82, 2.24) is 0 Å². The molecule has 19 heavy (non-hydrogen) atoms. The van der Waals surface area contributed by atoms with E-state index in [4.69, 9.17) is 13.3 Å². The molecule has 1 atom stereocenters. The van der Waals surface area contributed by atoms with Gasteiger partial charge in [-0.3, -0.25) is 4.79 Å². The predicted molar refractivity (Wildman–Crippen MR) is 87.0 cm³/mol. The summed E-state index contributed by atoms with van der Waals surface area (Å²) in [5.74, 6) is -0.264. The molecule has 7 heteroatoms. The normalized spacial score (nSPS) is 15.2. The van der Waals surface area contributed by atoms with Crippen LogP contribution in [0.5, 0.6) is 0 Å². The zero-order chi connectivity index (χ0) is 15.5. The fourth-order valence-corrected chi connectivity index (χ4v) is 3.67. The third-order valence-electron chi connectivity index (χ3n) is 1.83. The monoisotopic (exact) mass is 322 g/mol. The van der Waals surface area contributed by atoms with E-state index in [1.54, 1.807) is 0 Å². The van der Waals surface area contributed by atoms with Gasteiger partial charge in [0.15, 0.2) is 22.7 Å². The molecule has 0 radical (unpaired) electrons. The van der Waals surface area contributed by atoms with Gasteiger partial charge < -0.3 is 13.3 Å². The Labute approximate surface area is 121 Å². The van der Waals surface area contributed by atoms with Crippen LogP contribution in [0.15, 0.2) is 0 Å². The van der Waals surface area contributed by atoms with Crippen LogP contribution in [0.2, 0.25) is 58.9 Å². The number of carbonyl (C=O) groups is 1. The van der Waals surface area contributed by atoms with Gasteiger partial charge in [-0.2, -0.15) is 0 Å². The molecule has 0 aliphatic heterocycles. The van der Waals surface area contributed by atoms with Crippen molar-refractivity contribution in [3.8, 4) is 0 Å². The topological polar surface area (TPSA) is 44.8 Å². The van der Waals surface area contributed by atoms with Crippen LogP contribution in [-0.2, 0) is 18.1 Å². The van der Waals surface area contributed by atoms with E-state index >= 15 is 0 Å². The Balaban J connectivity index is 4.72. The van der Waals surface area contributed by atoms with E-state index in [2.05, 4.69) is 39.3 Å². The minimum atomic E-state index is -1.89. The summed E-state index contributed by atoms with van der Waals surface area (Å²) >= 11 is 0. The first-order chi connectivity index (χ1) is 8.20. The first-order valence-corrected chi connectivity index (χ1v) is 17.0. The second kappa shape index (κ2) is 6.66. The highest BCUT2D eigenvalue weighted by molar-refractivity contribution is 6.72. The summed E-state index contributed by atoms with van der Waals surface area (Å²) < 4.78 is 17.3. The highest BCUT2D eigenvalue weighted by Gasteiger charge is 2.32. The summed E-state index contributed by atoms with van der Waals surface area (Å²) in [6.07, 6.45) is -0.579. The van der Waals surface area contributed by atoms with E-state index in [1.807, 2.05) is 19.6 Å². The Morgan fingerprint density at radius 1 is 0.842 bits per heavy atom. The second-order valence-corrected chi connectivity index (χ2v) is 21.1. The van der Waals surface area contributed by atoms with Crippen molar-refractivity contribution >= 4 is 30.9 Å². The Hall–Kier alpha value is 0.0406. The van der Waals surface area contributed by atoms with E-state index in [1.165, 1.54) is 0 Å². The van der Waals surface area contributed by atoms with Crippen LogP contribution in [0.1, 0.15) is 0 Å². The predicted octanol–water partition coefficient (Wildman–Crippen LogP) is 3.44. The molecule has 0 aromatic rings. The van der Waals surface area contributed by atoms with Gasteiger partial charge >= 0.3 is 5.97 Å². The SMILES string of the molecule is C[Si](C)(C)OC[C@H](O[Si](C)(C)C)C(=O)O[Si](C)(C)C. The van der Waals surface area contributed by atoms with E-state index in [-0.39, 0.29) is 5.97 Å². The standard InChI is InChI=1S/C12H30O4Si3/c1-17(2,3)14-10-11(15-18(4,5)6)12(13)16-19(7,8)9/h11H,10H2,1-9H3/t11-/m0/s1. The van der Waals surface area contributed by atoms with Crippen molar-refractivity contribution in [2.75, 3.05) is 6.61 Å². The lowest BCUT2D eigenvalue weighted by Gasteiger charge is -2.29. The van der Waals surface area contributed by atoms with Gasteiger partial charge in [-0.1, -0.05) is 0 Å². The van der Waals surface area contributed by atoms with Crippen molar-refractivity contribution in [3.63, 3.8) is 0 Å². The van der Waals surface area contributed by atoms with Gasteiger partial charge in [-0.05, 0) is 58.9 Å². The number of carbonyl (C=O) groups excluding carboxylic acids is 1. The molecule has 0 bridgehead atoms. The van der Waals surface area contributed by atoms with Crippen molar-refractivity contribution in [1.29, 1.82) is 0 Å². The molecule has 114 valence electrons. The van der Waals surface area contributed by atoms with Crippen LogP contribution < -0.4 is 0 Å². The maximum Gasteiger partial charge on any atom is 0.323 e. The quantitative estimate of drug-likeness (QED) is 0.674. The fourth-order valence-electron chi connectivity index (χ4n) is 1.27. The van der Waals surface area contributed by atoms with Crippen LogP contribution in [-0.4, -0.2) is 43.6 Å². The molecule has 0 amide bonds. The van der Waals surface area contributed by atoms with Crippen LogP contribution in [0.4, 0.5) is 0 Å². The lowest BCUT2D eigenvalue weighted by atomic mass is 10.4. The molecule has 0 spiro atoms. The highest BCUT2D eigenvalue weighted by atomic mass is 28.4. The second-order valence-electron chi connectivity index (χ2n) is 7.68. The number of rotatable bonds is 7. The van der Waals surface area contributed by atoms with Gasteiger partial charge in [0.05, 0.1) is 6.61 Å². The average Bonchev–Trinajstić information content (AvgIpc) is 2.05. The highest BCUT2D eigenvalue weighted by Crippen LogP contribution is 2.14. The summed E-state index contributed by atoms with van der Waals surface area (Å²) in [7, 11) is -5.36. The van der Waals surface area contributed by atoms with Gasteiger partial charge in [0.25, 0.3) is 0 Å². The fraction of sp³-hybridized carbons (Fsp3) is 0.917. The molecule has 0 N–H and O–H groups in total. The van der Waals surface area contributed by atoms with E-state index in [0.717, 1.165) is 0 Å². The number of hydrogen-bond donors (Lipinski definition) is 0. The van der Waals surface area contributed by atoms with Gasteiger partial charge in [0.1, 0.15) is 0 Å². The van der Waals surface area contributed by atoms with E-state index < -0.39 is 31.1 Å². The van der Waals surface area contributed by atoms with Gasteiger partial charge in [-0.15, -0.1) is 0 Å². The molecular weight excluding hydrogens is 292 g/mol. The molecule has 0 aromatic heterocycles. The smallest absolute Gasteiger partial charge is 0.323 e. The molecule has 0 aliphatic rings. The Kier molecular flexibility index (Phi) is 6.68. The van der Waals surface area contributed by atoms with Gasteiger partial charge in [0, 0.05) is 0 Å². The first-order valence-electron chi connectivity index (χ1n) is 6.74. The molecule has 0 saturated heterocycles. The minimum Gasteiger partial charge on any atom is -0.518 e. The average molecular weight is 323 g/mol. The lowest BCUT2D eigenvalue weighted by molar-refractivity contribution is -0.145. The maximum atomic E-state index is 12.2. The van der Waals surface area contributed by atoms with E-state index in [9.17, 15) is 4.79 Å². The third kappa shape index (κ3) is 11.6. The van der Waals surface area contributed by atoms with E-state index in [0.29, 0.717) is 6.61 Å². The summed E-state index contributed by atoms with van der Waals surface area (Å²) in [4.78, 5) is 12.2. The zero-order valence-electron chi connectivity index (χ0n) is 13.9. The lowest BCUT2D eigenvalue weighted by Crippen LogP contribution is -2.45. The van der Waals surface area contributed by atoms with Crippen molar-refractivity contribution in [3.05, 3.63) is 0 Å². The minimum absolute atomic E-state index is 0.264. The van der Waals surface area contributed by atoms with Crippen LogP contribution in [0.25, 0.3) is 0 Å². The Morgan fingerprint density at radius 2 is 1.32 bits per heavy atom. The molecule has 0 saturated carbocycles. The van der Waals surface area contributed by atoms with Crippen LogP contribution >= 0.6 is 0 Å². The largest absolute Gasteiger partial charge is 0.518 e. The first kappa shape index (κ1) is 19.0. The van der Waals surface area contributed by atoms with Crippen LogP contribution in [0.3, 0.4) is 0 Å². The molecule has 0 aromatic carbocycles. The van der Waals surface area contributed by atoms with Gasteiger partial charge in [-0.25, -0.2) is 0 Å². The van der Waals surface area contributed by atoms with Crippen molar-refractivity contribution < 1.29 is 18.1 Å². The summed E-state index contributed by atoms with van der Waals surface area (Å²) in [5, 5.41) is 0. The van der Waals surface area contributed by atoms with Crippen LogP contribution in [0, 0.1) is 0 Å². The maximum absolute atomic E-state index is 12.2. The van der Waals surface area contributed by atoms with Crippen molar-refractivity contribution in [2.24, 2.45) is 0 Å². The molecule has 0 unspecified atom stereocenters.